The number of nitrogens with zero attached hydrogens (tertiary/aromatic N) is 5. The lowest BCUT2D eigenvalue weighted by Gasteiger charge is -2.31. The predicted molar refractivity (Wildman–Crippen MR) is 92.2 cm³/mol. The zero-order chi connectivity index (χ0) is 17.1. The minimum absolute atomic E-state index is 0.00905. The highest BCUT2D eigenvalue weighted by Gasteiger charge is 2.33. The lowest BCUT2D eigenvalue weighted by atomic mass is 9.97. The van der Waals surface area contributed by atoms with Crippen LogP contribution in [-0.4, -0.2) is 79.3 Å². The molecule has 0 spiro atoms. The van der Waals surface area contributed by atoms with Gasteiger partial charge < -0.3 is 19.4 Å². The van der Waals surface area contributed by atoms with E-state index in [-0.39, 0.29) is 17.9 Å². The molecule has 2 saturated heterocycles. The summed E-state index contributed by atoms with van der Waals surface area (Å²) in [5.74, 6) is 1.74. The van der Waals surface area contributed by atoms with Crippen molar-refractivity contribution in [2.45, 2.75) is 25.4 Å². The molecule has 3 heterocycles. The van der Waals surface area contributed by atoms with Crippen LogP contribution in [0.2, 0.25) is 0 Å². The Balaban J connectivity index is 1.52. The number of likely N-dealkylation sites (tertiary alicyclic amines) is 2. The van der Waals surface area contributed by atoms with Gasteiger partial charge in [-0.3, -0.25) is 4.79 Å². The lowest BCUT2D eigenvalue weighted by Crippen LogP contribution is -2.43. The number of amides is 1. The quantitative estimate of drug-likeness (QED) is 0.815. The van der Waals surface area contributed by atoms with Crippen LogP contribution >= 0.6 is 0 Å². The maximum absolute atomic E-state index is 12.7. The summed E-state index contributed by atoms with van der Waals surface area (Å²) in [4.78, 5) is 18.8. The Morgan fingerprint density at radius 1 is 1.21 bits per heavy atom. The second-order valence-corrected chi connectivity index (χ2v) is 7.04. The van der Waals surface area contributed by atoms with Gasteiger partial charge in [-0.05, 0) is 32.5 Å². The molecule has 2 atom stereocenters. The number of ether oxygens (including phenoxy) is 1. The number of anilines is 1. The highest BCUT2D eigenvalue weighted by Crippen LogP contribution is 2.22. The van der Waals surface area contributed by atoms with Crippen molar-refractivity contribution in [3.8, 4) is 5.88 Å². The summed E-state index contributed by atoms with van der Waals surface area (Å²) in [6.45, 7) is 3.39. The number of carbonyl (C=O) groups is 1. The van der Waals surface area contributed by atoms with Crippen molar-refractivity contribution in [3.63, 3.8) is 0 Å². The molecule has 132 valence electrons. The monoisotopic (exact) mass is 333 g/mol. The Hall–Kier alpha value is -1.89. The van der Waals surface area contributed by atoms with Crippen LogP contribution in [0.5, 0.6) is 5.88 Å². The van der Waals surface area contributed by atoms with E-state index in [0.717, 1.165) is 44.7 Å². The molecule has 7 nitrogen and oxygen atoms in total. The number of carbonyl (C=O) groups excluding carboxylic acids is 1. The summed E-state index contributed by atoms with van der Waals surface area (Å²) in [6, 6.07) is 3.72. The fourth-order valence-corrected chi connectivity index (χ4v) is 3.44. The van der Waals surface area contributed by atoms with Gasteiger partial charge in [-0.1, -0.05) is 0 Å². The smallest absolute Gasteiger partial charge is 0.233 e. The molecule has 0 aliphatic carbocycles. The van der Waals surface area contributed by atoms with E-state index in [2.05, 4.69) is 22.1 Å². The summed E-state index contributed by atoms with van der Waals surface area (Å²) in [5, 5.41) is 8.23. The third kappa shape index (κ3) is 3.95. The lowest BCUT2D eigenvalue weighted by molar-refractivity contribution is -0.136. The van der Waals surface area contributed by atoms with E-state index >= 15 is 0 Å². The first-order chi connectivity index (χ1) is 11.5. The minimum Gasteiger partial charge on any atom is -0.471 e. The van der Waals surface area contributed by atoms with Crippen LogP contribution in [0, 0.1) is 5.92 Å². The summed E-state index contributed by atoms with van der Waals surface area (Å²) < 4.78 is 5.90. The van der Waals surface area contributed by atoms with Crippen molar-refractivity contribution in [2.24, 2.45) is 5.92 Å². The molecule has 3 rings (SSSR count). The molecule has 2 fully saturated rings. The minimum atomic E-state index is 0.00905. The van der Waals surface area contributed by atoms with Crippen molar-refractivity contribution in [2.75, 3.05) is 52.2 Å². The molecule has 7 heteroatoms. The molecule has 0 radical (unpaired) electrons. The Kier molecular flexibility index (Phi) is 5.18. The second-order valence-electron chi connectivity index (χ2n) is 7.04. The topological polar surface area (TPSA) is 61.8 Å². The van der Waals surface area contributed by atoms with E-state index in [1.54, 1.807) is 0 Å². The van der Waals surface area contributed by atoms with Gasteiger partial charge in [0.2, 0.25) is 11.8 Å². The number of aromatic nitrogens is 2. The predicted octanol–water partition coefficient (Wildman–Crippen LogP) is 0.864. The molecule has 0 aromatic carbocycles. The van der Waals surface area contributed by atoms with Crippen LogP contribution in [0.15, 0.2) is 12.1 Å². The van der Waals surface area contributed by atoms with Crippen LogP contribution < -0.4 is 9.64 Å². The largest absolute Gasteiger partial charge is 0.471 e. The standard InChI is InChI=1S/C17H27N5O2/c1-20(2)15-6-7-16(19-18-15)24-14-8-10-22(12-14)17(23)13-5-4-9-21(3)11-13/h6-7,13-14H,4-5,8-12H2,1-3H3. The van der Waals surface area contributed by atoms with Crippen LogP contribution in [0.25, 0.3) is 0 Å². The molecule has 0 bridgehead atoms. The zero-order valence-electron chi connectivity index (χ0n) is 14.8. The Morgan fingerprint density at radius 2 is 2.04 bits per heavy atom. The SMILES string of the molecule is CN1CCCC(C(=O)N2CCC(Oc3ccc(N(C)C)nn3)C2)C1. The van der Waals surface area contributed by atoms with Crippen molar-refractivity contribution in [1.82, 2.24) is 20.0 Å². The van der Waals surface area contributed by atoms with Crippen molar-refractivity contribution in [3.05, 3.63) is 12.1 Å². The molecular weight excluding hydrogens is 306 g/mol. The molecule has 1 aromatic heterocycles. The summed E-state index contributed by atoms with van der Waals surface area (Å²) in [7, 11) is 5.94. The number of hydrogen-bond acceptors (Lipinski definition) is 6. The normalized spacial score (nSPS) is 24.9. The molecule has 2 unspecified atom stereocenters. The van der Waals surface area contributed by atoms with Crippen LogP contribution in [0.1, 0.15) is 19.3 Å². The summed E-state index contributed by atoms with van der Waals surface area (Å²) in [5.41, 5.74) is 0. The van der Waals surface area contributed by atoms with E-state index in [1.165, 1.54) is 0 Å². The van der Waals surface area contributed by atoms with Crippen molar-refractivity contribution in [1.29, 1.82) is 0 Å². The Bertz CT molecular complexity index is 563. The molecule has 1 amide bonds. The Morgan fingerprint density at radius 3 is 2.71 bits per heavy atom. The first-order valence-corrected chi connectivity index (χ1v) is 8.68. The fourth-order valence-electron chi connectivity index (χ4n) is 3.44. The van der Waals surface area contributed by atoms with Gasteiger partial charge in [0.05, 0.1) is 12.5 Å². The first kappa shape index (κ1) is 17.0. The zero-order valence-corrected chi connectivity index (χ0v) is 14.8. The first-order valence-electron chi connectivity index (χ1n) is 8.68. The van der Waals surface area contributed by atoms with Crippen LogP contribution in [-0.2, 0) is 4.79 Å². The van der Waals surface area contributed by atoms with E-state index in [1.807, 2.05) is 36.0 Å². The highest BCUT2D eigenvalue weighted by molar-refractivity contribution is 5.79. The van der Waals surface area contributed by atoms with Gasteiger partial charge in [0.1, 0.15) is 6.10 Å². The van der Waals surface area contributed by atoms with Gasteiger partial charge >= 0.3 is 0 Å². The van der Waals surface area contributed by atoms with Crippen LogP contribution in [0.4, 0.5) is 5.82 Å². The Labute approximate surface area is 143 Å². The molecule has 2 aliphatic rings. The third-order valence-electron chi connectivity index (χ3n) is 4.80. The van der Waals surface area contributed by atoms with Gasteiger partial charge in [0, 0.05) is 39.7 Å². The molecular formula is C17H27N5O2. The molecule has 1 aromatic rings. The second kappa shape index (κ2) is 7.34. The van der Waals surface area contributed by atoms with Crippen molar-refractivity contribution < 1.29 is 9.53 Å². The molecule has 0 N–H and O–H groups in total. The van der Waals surface area contributed by atoms with Gasteiger partial charge in [0.15, 0.2) is 5.82 Å². The number of piperidine rings is 1. The van der Waals surface area contributed by atoms with E-state index < -0.39 is 0 Å². The number of hydrogen-bond donors (Lipinski definition) is 0. The third-order valence-corrected chi connectivity index (χ3v) is 4.80. The maximum atomic E-state index is 12.7. The summed E-state index contributed by atoms with van der Waals surface area (Å²) in [6.07, 6.45) is 2.97. The van der Waals surface area contributed by atoms with E-state index in [9.17, 15) is 4.79 Å². The molecule has 24 heavy (non-hydrogen) atoms. The van der Waals surface area contributed by atoms with Gasteiger partial charge in [-0.2, -0.15) is 0 Å². The average Bonchev–Trinajstić information content (AvgIpc) is 3.03. The fraction of sp³-hybridized carbons (Fsp3) is 0.706. The van der Waals surface area contributed by atoms with Crippen molar-refractivity contribution >= 4 is 11.7 Å². The van der Waals surface area contributed by atoms with E-state index in [0.29, 0.717) is 12.4 Å². The van der Waals surface area contributed by atoms with Gasteiger partial charge in [0.25, 0.3) is 0 Å². The molecule has 2 aliphatic heterocycles. The summed E-state index contributed by atoms with van der Waals surface area (Å²) >= 11 is 0. The average molecular weight is 333 g/mol. The highest BCUT2D eigenvalue weighted by atomic mass is 16.5. The van der Waals surface area contributed by atoms with E-state index in [4.69, 9.17) is 4.74 Å². The molecule has 0 saturated carbocycles. The maximum Gasteiger partial charge on any atom is 0.233 e. The number of rotatable bonds is 4. The van der Waals surface area contributed by atoms with Crippen LogP contribution in [0.3, 0.4) is 0 Å². The van der Waals surface area contributed by atoms with Gasteiger partial charge in [-0.25, -0.2) is 0 Å². The van der Waals surface area contributed by atoms with Gasteiger partial charge in [-0.15, -0.1) is 10.2 Å².